The van der Waals surface area contributed by atoms with E-state index < -0.39 is 86.8 Å². The molecular weight excluding hydrogens is 774 g/mol. The van der Waals surface area contributed by atoms with Gasteiger partial charge in [0.2, 0.25) is 5.91 Å². The quantitative estimate of drug-likeness (QED) is 0.0303. The first-order valence-electron chi connectivity index (χ1n) is 23.6. The maximum Gasteiger partial charge on any atom is 0.220 e. The molecule has 12 atom stereocenters. The molecule has 9 N–H and O–H groups in total. The summed E-state index contributed by atoms with van der Waals surface area (Å²) in [4.78, 5) is 13.1. The lowest BCUT2D eigenvalue weighted by molar-refractivity contribution is -0.359. The lowest BCUT2D eigenvalue weighted by atomic mass is 9.97. The van der Waals surface area contributed by atoms with Gasteiger partial charge in [-0.05, 0) is 38.5 Å². The molecule has 2 aliphatic rings. The normalized spacial score (nSPS) is 28.4. The fraction of sp³-hybridized carbons (Fsp3) is 0.891. The fourth-order valence-electron chi connectivity index (χ4n) is 7.68. The van der Waals surface area contributed by atoms with Crippen LogP contribution >= 0.6 is 0 Å². The maximum atomic E-state index is 13.1. The Morgan fingerprint density at radius 1 is 0.583 bits per heavy atom. The molecule has 1 amide bonds. The van der Waals surface area contributed by atoms with E-state index in [9.17, 15) is 45.6 Å². The van der Waals surface area contributed by atoms with Crippen LogP contribution in [0, 0.1) is 0 Å². The van der Waals surface area contributed by atoms with Crippen molar-refractivity contribution >= 4 is 5.91 Å². The van der Waals surface area contributed by atoms with Crippen LogP contribution in [-0.4, -0.2) is 140 Å². The summed E-state index contributed by atoms with van der Waals surface area (Å²) in [5.41, 5.74) is 0. The average Bonchev–Trinajstić information content (AvgIpc) is 3.24. The van der Waals surface area contributed by atoms with Gasteiger partial charge in [-0.15, -0.1) is 0 Å². The van der Waals surface area contributed by atoms with Crippen molar-refractivity contribution < 1.29 is 64.6 Å². The first-order chi connectivity index (χ1) is 29.1. The van der Waals surface area contributed by atoms with Gasteiger partial charge in [0.05, 0.1) is 32.0 Å². The van der Waals surface area contributed by atoms with Crippen LogP contribution in [0.2, 0.25) is 0 Å². The highest BCUT2D eigenvalue weighted by Gasteiger charge is 2.50. The molecule has 0 bridgehead atoms. The molecule has 0 aliphatic carbocycles. The number of amides is 1. The molecule has 14 heteroatoms. The van der Waals surface area contributed by atoms with Gasteiger partial charge in [-0.1, -0.05) is 147 Å². The van der Waals surface area contributed by atoms with Crippen molar-refractivity contribution in [1.82, 2.24) is 5.32 Å². The summed E-state index contributed by atoms with van der Waals surface area (Å²) in [6, 6.07) is -0.913. The molecule has 2 rings (SSSR count). The van der Waals surface area contributed by atoms with E-state index in [1.807, 2.05) is 6.08 Å². The van der Waals surface area contributed by atoms with Gasteiger partial charge >= 0.3 is 0 Å². The number of carbonyl (C=O) groups excluding carboxylic acids is 1. The Morgan fingerprint density at radius 2 is 1.07 bits per heavy atom. The Morgan fingerprint density at radius 3 is 1.63 bits per heavy atom. The summed E-state index contributed by atoms with van der Waals surface area (Å²) in [5, 5.41) is 86.5. The maximum absolute atomic E-state index is 13.1. The molecule has 0 radical (unpaired) electrons. The third-order valence-electron chi connectivity index (χ3n) is 11.6. The van der Waals surface area contributed by atoms with Gasteiger partial charge in [-0.25, -0.2) is 0 Å². The van der Waals surface area contributed by atoms with E-state index in [0.717, 1.165) is 57.8 Å². The van der Waals surface area contributed by atoms with E-state index in [2.05, 4.69) is 31.3 Å². The number of allylic oxidation sites excluding steroid dienone is 3. The van der Waals surface area contributed by atoms with Crippen LogP contribution in [0.25, 0.3) is 0 Å². The monoisotopic (exact) mass is 860 g/mol. The van der Waals surface area contributed by atoms with Crippen molar-refractivity contribution in [2.75, 3.05) is 19.8 Å². The van der Waals surface area contributed by atoms with E-state index in [1.54, 1.807) is 6.08 Å². The topological polar surface area (TPSA) is 228 Å². The number of aliphatic hydroxyl groups excluding tert-OH is 8. The van der Waals surface area contributed by atoms with E-state index in [1.165, 1.54) is 83.5 Å². The minimum atomic E-state index is -1.79. The largest absolute Gasteiger partial charge is 0.394 e. The second kappa shape index (κ2) is 34.0. The third-order valence-corrected chi connectivity index (χ3v) is 11.6. The van der Waals surface area contributed by atoms with Crippen molar-refractivity contribution in [1.29, 1.82) is 0 Å². The van der Waals surface area contributed by atoms with Gasteiger partial charge in [0.25, 0.3) is 0 Å². The summed E-state index contributed by atoms with van der Waals surface area (Å²) in [6.45, 7) is 2.72. The molecule has 60 heavy (non-hydrogen) atoms. The first-order valence-corrected chi connectivity index (χ1v) is 23.6. The standard InChI is InChI=1S/C46H85NO13/c1-3-5-7-9-11-13-15-16-17-18-20-21-23-25-27-29-35(50)34(47-38(51)30-28-26-24-22-19-14-12-10-8-6-4-2)33-57-45-43(56)41(54)44(37(32-49)59-45)60-46-42(55)40(53)39(52)36(31-48)58-46/h10,12,27,29,34-37,39-46,48-50,52-56H,3-9,11,13-26,28,30-33H2,1-2H3,(H,47,51)/b12-10-,29-27+. The fourth-order valence-corrected chi connectivity index (χ4v) is 7.68. The molecule has 0 saturated carbocycles. The number of carbonyl (C=O) groups is 1. The third kappa shape index (κ3) is 21.7. The number of nitrogens with one attached hydrogen (secondary N) is 1. The number of hydrogen-bond donors (Lipinski definition) is 9. The summed E-state index contributed by atoms with van der Waals surface area (Å²) in [5.74, 6) is -0.252. The van der Waals surface area contributed by atoms with Gasteiger partial charge in [0, 0.05) is 6.42 Å². The molecule has 0 spiro atoms. The number of hydrogen-bond acceptors (Lipinski definition) is 13. The van der Waals surface area contributed by atoms with Gasteiger partial charge in [0.1, 0.15) is 48.8 Å². The molecule has 2 aliphatic heterocycles. The first kappa shape index (κ1) is 54.6. The molecular formula is C46H85NO13. The van der Waals surface area contributed by atoms with E-state index in [-0.39, 0.29) is 18.9 Å². The Bertz CT molecular complexity index is 1110. The Hall–Kier alpha value is -1.53. The predicted octanol–water partition coefficient (Wildman–Crippen LogP) is 4.99. The summed E-state index contributed by atoms with van der Waals surface area (Å²) >= 11 is 0. The molecule has 352 valence electrons. The minimum absolute atomic E-state index is 0.252. The van der Waals surface area contributed by atoms with Gasteiger partial charge in [0.15, 0.2) is 12.6 Å². The minimum Gasteiger partial charge on any atom is -0.394 e. The van der Waals surface area contributed by atoms with Crippen LogP contribution in [0.4, 0.5) is 0 Å². The van der Waals surface area contributed by atoms with Crippen molar-refractivity contribution in [3.63, 3.8) is 0 Å². The van der Waals surface area contributed by atoms with Crippen molar-refractivity contribution in [3.8, 4) is 0 Å². The van der Waals surface area contributed by atoms with Crippen LogP contribution in [0.3, 0.4) is 0 Å². The van der Waals surface area contributed by atoms with Crippen molar-refractivity contribution in [3.05, 3.63) is 24.3 Å². The van der Waals surface area contributed by atoms with Crippen LogP contribution in [0.1, 0.15) is 168 Å². The molecule has 12 unspecified atom stereocenters. The zero-order valence-corrected chi connectivity index (χ0v) is 36.9. The number of rotatable bonds is 35. The number of aliphatic hydroxyl groups is 8. The second-order valence-electron chi connectivity index (χ2n) is 16.9. The number of ether oxygens (including phenoxy) is 4. The Balaban J connectivity index is 1.90. The highest BCUT2D eigenvalue weighted by atomic mass is 16.7. The van der Waals surface area contributed by atoms with Crippen molar-refractivity contribution in [2.45, 2.75) is 242 Å². The lowest BCUT2D eigenvalue weighted by Gasteiger charge is -2.46. The van der Waals surface area contributed by atoms with E-state index in [4.69, 9.17) is 18.9 Å². The molecule has 0 aromatic carbocycles. The van der Waals surface area contributed by atoms with Crippen LogP contribution in [0.5, 0.6) is 0 Å². The molecule has 0 aromatic rings. The predicted molar refractivity (Wildman–Crippen MR) is 231 cm³/mol. The van der Waals surface area contributed by atoms with E-state index in [0.29, 0.717) is 6.42 Å². The smallest absolute Gasteiger partial charge is 0.220 e. The zero-order chi connectivity index (χ0) is 44.0. The zero-order valence-electron chi connectivity index (χ0n) is 36.9. The van der Waals surface area contributed by atoms with Crippen LogP contribution in [0.15, 0.2) is 24.3 Å². The second-order valence-corrected chi connectivity index (χ2v) is 16.9. The molecule has 0 aromatic heterocycles. The van der Waals surface area contributed by atoms with Gasteiger partial charge < -0.3 is 65.1 Å². The SMILES string of the molecule is CCCC/C=C\CCCCCCCC(=O)NC(COC1OC(CO)C(OC2OC(CO)C(O)C(O)C2O)C(O)C1O)C(O)/C=C/CCCCCCCCCCCCCCC. The highest BCUT2D eigenvalue weighted by molar-refractivity contribution is 5.76. The molecule has 2 fully saturated rings. The summed E-state index contributed by atoms with van der Waals surface area (Å²) < 4.78 is 22.6. The van der Waals surface area contributed by atoms with Crippen LogP contribution in [-0.2, 0) is 23.7 Å². The average molecular weight is 860 g/mol. The van der Waals surface area contributed by atoms with Gasteiger partial charge in [-0.2, -0.15) is 0 Å². The van der Waals surface area contributed by atoms with E-state index >= 15 is 0 Å². The van der Waals surface area contributed by atoms with Crippen LogP contribution < -0.4 is 5.32 Å². The Labute approximate surface area is 360 Å². The molecule has 14 nitrogen and oxygen atoms in total. The lowest BCUT2D eigenvalue weighted by Crippen LogP contribution is -2.65. The summed E-state index contributed by atoms with van der Waals surface area (Å²) in [6.07, 6.45) is 17.9. The molecule has 2 saturated heterocycles. The highest BCUT2D eigenvalue weighted by Crippen LogP contribution is 2.30. The Kier molecular flexibility index (Phi) is 30.9. The molecule has 2 heterocycles. The number of unbranched alkanes of at least 4 members (excludes halogenated alkanes) is 20. The van der Waals surface area contributed by atoms with Gasteiger partial charge in [-0.3, -0.25) is 4.79 Å². The summed E-state index contributed by atoms with van der Waals surface area (Å²) in [7, 11) is 0. The van der Waals surface area contributed by atoms with Crippen molar-refractivity contribution in [2.24, 2.45) is 0 Å².